The number of aromatic amines is 2. The highest BCUT2D eigenvalue weighted by molar-refractivity contribution is 7.89. The normalized spacial score (nSPS) is 13.5. The lowest BCUT2D eigenvalue weighted by Crippen LogP contribution is -2.29. The summed E-state index contributed by atoms with van der Waals surface area (Å²) in [6, 6.07) is -0.515. The summed E-state index contributed by atoms with van der Waals surface area (Å²) in [7, 11) is -3.71. The van der Waals surface area contributed by atoms with Crippen LogP contribution in [0.25, 0.3) is 0 Å². The van der Waals surface area contributed by atoms with Crippen LogP contribution < -0.4 is 10.0 Å². The Bertz CT molecular complexity index is 678. The Labute approximate surface area is 123 Å². The van der Waals surface area contributed by atoms with E-state index in [1.807, 2.05) is 6.92 Å². The highest BCUT2D eigenvalue weighted by Gasteiger charge is 2.26. The van der Waals surface area contributed by atoms with Crippen molar-refractivity contribution in [3.8, 4) is 0 Å². The SMILES string of the molecule is CCNCc1n[nH]c(C)c1S(=O)(=O)NC(C)c1ncn[nH]1. The second kappa shape index (κ2) is 6.33. The number of hydrogen-bond donors (Lipinski definition) is 4. The predicted molar refractivity (Wildman–Crippen MR) is 75.8 cm³/mol. The van der Waals surface area contributed by atoms with Gasteiger partial charge in [-0.25, -0.2) is 18.1 Å². The van der Waals surface area contributed by atoms with Crippen molar-refractivity contribution in [3.05, 3.63) is 23.5 Å². The van der Waals surface area contributed by atoms with E-state index in [2.05, 4.69) is 35.4 Å². The fourth-order valence-corrected chi connectivity index (χ4v) is 3.53. The maximum absolute atomic E-state index is 12.5. The first kappa shape index (κ1) is 15.6. The lowest BCUT2D eigenvalue weighted by Gasteiger charge is -2.12. The molecule has 0 aliphatic heterocycles. The first-order chi connectivity index (χ1) is 9.95. The van der Waals surface area contributed by atoms with Gasteiger partial charge in [0.2, 0.25) is 10.0 Å². The molecule has 0 spiro atoms. The van der Waals surface area contributed by atoms with E-state index in [0.717, 1.165) is 6.54 Å². The van der Waals surface area contributed by atoms with Crippen molar-refractivity contribution in [2.75, 3.05) is 6.54 Å². The summed E-state index contributed by atoms with van der Waals surface area (Å²) in [5.74, 6) is 0.452. The molecule has 0 amide bonds. The summed E-state index contributed by atoms with van der Waals surface area (Å²) in [6.45, 7) is 6.42. The highest BCUT2D eigenvalue weighted by Crippen LogP contribution is 2.20. The summed E-state index contributed by atoms with van der Waals surface area (Å²) < 4.78 is 27.7. The average Bonchev–Trinajstić information content (AvgIpc) is 3.05. The summed E-state index contributed by atoms with van der Waals surface area (Å²) >= 11 is 0. The maximum Gasteiger partial charge on any atom is 0.244 e. The van der Waals surface area contributed by atoms with Crippen LogP contribution in [0.3, 0.4) is 0 Å². The Morgan fingerprint density at radius 3 is 2.76 bits per heavy atom. The molecule has 0 aliphatic carbocycles. The van der Waals surface area contributed by atoms with Crippen LogP contribution in [-0.4, -0.2) is 40.3 Å². The van der Waals surface area contributed by atoms with Gasteiger partial charge in [-0.1, -0.05) is 6.92 Å². The van der Waals surface area contributed by atoms with Crippen molar-refractivity contribution < 1.29 is 8.42 Å². The predicted octanol–water partition coefficient (Wildman–Crippen LogP) is -0.0148. The number of nitrogens with zero attached hydrogens (tertiary/aromatic N) is 3. The van der Waals surface area contributed by atoms with Gasteiger partial charge in [0, 0.05) is 6.54 Å². The van der Waals surface area contributed by atoms with E-state index < -0.39 is 16.1 Å². The van der Waals surface area contributed by atoms with Gasteiger partial charge in [-0.15, -0.1) is 0 Å². The summed E-state index contributed by atoms with van der Waals surface area (Å²) in [5, 5.41) is 16.2. The molecule has 4 N–H and O–H groups in total. The van der Waals surface area contributed by atoms with Gasteiger partial charge >= 0.3 is 0 Å². The minimum absolute atomic E-state index is 0.176. The second-order valence-corrected chi connectivity index (χ2v) is 6.27. The number of sulfonamides is 1. The van der Waals surface area contributed by atoms with Crippen molar-refractivity contribution >= 4 is 10.0 Å². The molecule has 2 aromatic heterocycles. The van der Waals surface area contributed by atoms with E-state index in [4.69, 9.17) is 0 Å². The molecule has 0 saturated carbocycles. The Hall–Kier alpha value is -1.78. The second-order valence-electron chi connectivity index (χ2n) is 4.62. The van der Waals surface area contributed by atoms with Gasteiger partial charge in [0.25, 0.3) is 0 Å². The smallest absolute Gasteiger partial charge is 0.244 e. The van der Waals surface area contributed by atoms with Crippen molar-refractivity contribution in [1.82, 2.24) is 35.4 Å². The van der Waals surface area contributed by atoms with E-state index in [0.29, 0.717) is 23.8 Å². The molecule has 9 nitrogen and oxygen atoms in total. The molecule has 0 aromatic carbocycles. The molecular formula is C11H19N7O2S. The third-order valence-electron chi connectivity index (χ3n) is 2.95. The first-order valence-corrected chi connectivity index (χ1v) is 8.06. The molecule has 116 valence electrons. The number of aryl methyl sites for hydroxylation is 1. The molecule has 0 saturated heterocycles. The molecule has 2 heterocycles. The third-order valence-corrected chi connectivity index (χ3v) is 4.69. The molecule has 1 unspecified atom stereocenters. The number of rotatable bonds is 7. The van der Waals surface area contributed by atoms with Crippen LogP contribution in [-0.2, 0) is 16.6 Å². The van der Waals surface area contributed by atoms with E-state index in [-0.39, 0.29) is 4.90 Å². The van der Waals surface area contributed by atoms with Crippen LogP contribution in [0.5, 0.6) is 0 Å². The van der Waals surface area contributed by atoms with Crippen LogP contribution in [0.2, 0.25) is 0 Å². The molecule has 10 heteroatoms. The molecule has 0 radical (unpaired) electrons. The van der Waals surface area contributed by atoms with E-state index in [1.165, 1.54) is 6.33 Å². The minimum Gasteiger partial charge on any atom is -0.311 e. The van der Waals surface area contributed by atoms with Crippen LogP contribution in [0.4, 0.5) is 0 Å². The Morgan fingerprint density at radius 2 is 2.14 bits per heavy atom. The number of nitrogens with one attached hydrogen (secondary N) is 4. The largest absolute Gasteiger partial charge is 0.311 e. The van der Waals surface area contributed by atoms with Crippen molar-refractivity contribution in [2.45, 2.75) is 38.3 Å². The van der Waals surface area contributed by atoms with Crippen molar-refractivity contribution in [3.63, 3.8) is 0 Å². The zero-order valence-electron chi connectivity index (χ0n) is 12.1. The summed E-state index contributed by atoms with van der Waals surface area (Å²) in [4.78, 5) is 4.12. The minimum atomic E-state index is -3.71. The summed E-state index contributed by atoms with van der Waals surface area (Å²) in [6.07, 6.45) is 1.33. The van der Waals surface area contributed by atoms with Crippen molar-refractivity contribution in [1.29, 1.82) is 0 Å². The quantitative estimate of drug-likeness (QED) is 0.569. The van der Waals surface area contributed by atoms with Crippen LogP contribution >= 0.6 is 0 Å². The Kier molecular flexibility index (Phi) is 4.70. The van der Waals surface area contributed by atoms with Gasteiger partial charge in [-0.05, 0) is 20.4 Å². The number of H-pyrrole nitrogens is 2. The van der Waals surface area contributed by atoms with Crippen LogP contribution in [0.15, 0.2) is 11.2 Å². The molecule has 1 atom stereocenters. The van der Waals surface area contributed by atoms with Gasteiger partial charge in [0.05, 0.1) is 17.4 Å². The average molecular weight is 313 g/mol. The lowest BCUT2D eigenvalue weighted by molar-refractivity contribution is 0.557. The van der Waals surface area contributed by atoms with Crippen LogP contribution in [0, 0.1) is 6.92 Å². The third kappa shape index (κ3) is 3.46. The van der Waals surface area contributed by atoms with Crippen LogP contribution in [0.1, 0.15) is 37.1 Å². The highest BCUT2D eigenvalue weighted by atomic mass is 32.2. The zero-order chi connectivity index (χ0) is 15.5. The van der Waals surface area contributed by atoms with E-state index in [9.17, 15) is 8.42 Å². The van der Waals surface area contributed by atoms with Crippen molar-refractivity contribution in [2.24, 2.45) is 0 Å². The van der Waals surface area contributed by atoms with Gasteiger partial charge in [-0.2, -0.15) is 10.2 Å². The monoisotopic (exact) mass is 313 g/mol. The first-order valence-electron chi connectivity index (χ1n) is 6.57. The standard InChI is InChI=1S/C11H19N7O2S/c1-4-12-5-9-10(7(2)15-16-9)21(19,20)18-8(3)11-13-6-14-17-11/h6,8,12,18H,4-5H2,1-3H3,(H,15,16)(H,13,14,17). The van der Waals surface area contributed by atoms with E-state index in [1.54, 1.807) is 13.8 Å². The van der Waals surface area contributed by atoms with Gasteiger partial charge < -0.3 is 5.32 Å². The molecule has 0 bridgehead atoms. The molecule has 2 rings (SSSR count). The van der Waals surface area contributed by atoms with E-state index >= 15 is 0 Å². The lowest BCUT2D eigenvalue weighted by atomic mass is 10.3. The molecular weight excluding hydrogens is 294 g/mol. The molecule has 21 heavy (non-hydrogen) atoms. The van der Waals surface area contributed by atoms with Gasteiger partial charge in [0.15, 0.2) is 0 Å². The molecule has 0 aliphatic rings. The summed E-state index contributed by atoms with van der Waals surface area (Å²) in [5.41, 5.74) is 0.965. The number of aromatic nitrogens is 5. The fraction of sp³-hybridized carbons (Fsp3) is 0.545. The zero-order valence-corrected chi connectivity index (χ0v) is 13.0. The molecule has 0 fully saturated rings. The Balaban J connectivity index is 2.25. The van der Waals surface area contributed by atoms with Gasteiger partial charge in [-0.3, -0.25) is 10.2 Å². The van der Waals surface area contributed by atoms with Gasteiger partial charge in [0.1, 0.15) is 17.0 Å². The molecule has 2 aromatic rings. The number of hydrogen-bond acceptors (Lipinski definition) is 6. The Morgan fingerprint density at radius 1 is 1.38 bits per heavy atom. The maximum atomic E-state index is 12.5. The topological polar surface area (TPSA) is 128 Å². The fourth-order valence-electron chi connectivity index (χ4n) is 1.96.